The van der Waals surface area contributed by atoms with E-state index in [4.69, 9.17) is 0 Å². The number of rotatable bonds is 7. The molecule has 3 aliphatic rings. The zero-order valence-corrected chi connectivity index (χ0v) is 18.0. The second-order valence-corrected chi connectivity index (χ2v) is 8.67. The third-order valence-electron chi connectivity index (χ3n) is 6.67. The van der Waals surface area contributed by atoms with Gasteiger partial charge in [0, 0.05) is 64.3 Å². The van der Waals surface area contributed by atoms with Gasteiger partial charge in [0.2, 0.25) is 11.9 Å². The molecule has 1 amide bonds. The highest BCUT2D eigenvalue weighted by Gasteiger charge is 2.55. The Morgan fingerprint density at radius 3 is 2.78 bits per heavy atom. The molecule has 1 aliphatic carbocycles. The molecule has 2 aliphatic heterocycles. The van der Waals surface area contributed by atoms with Crippen LogP contribution in [0.25, 0.3) is 6.08 Å². The summed E-state index contributed by atoms with van der Waals surface area (Å²) in [5, 5.41) is 6.26. The Kier molecular flexibility index (Phi) is 5.98. The molecule has 0 aromatic carbocycles. The van der Waals surface area contributed by atoms with E-state index in [-0.39, 0.29) is 11.7 Å². The predicted octanol–water partition coefficient (Wildman–Crippen LogP) is 1.32. The lowest BCUT2D eigenvalue weighted by molar-refractivity contribution is -0.116. The first-order valence-electron chi connectivity index (χ1n) is 11.3. The number of nitrogens with one attached hydrogen (secondary N) is 2. The molecule has 0 spiro atoms. The lowest BCUT2D eigenvalue weighted by Crippen LogP contribution is -2.44. The van der Waals surface area contributed by atoms with E-state index in [1.807, 2.05) is 12.1 Å². The van der Waals surface area contributed by atoms with Gasteiger partial charge in [0.05, 0.1) is 6.20 Å². The number of aromatic nitrogens is 3. The van der Waals surface area contributed by atoms with Crippen LogP contribution in [-0.4, -0.2) is 66.7 Å². The molecule has 2 N–H and O–H groups in total. The van der Waals surface area contributed by atoms with Crippen LogP contribution in [0.15, 0.2) is 36.8 Å². The standard InChI is InChI=1S/C23H28FN7O/c24-20-13-28-23(30-10-8-25-9-11-30)29-22(20)31-14-18-17(19(18)15-31)5-7-27-21(32)4-3-16-2-1-6-26-12-16/h1-4,6,12-13,17-19,25H,5,7-11,14-15H2,(H,27,32)/b4-3+/t17?,18-,19+. The molecule has 5 rings (SSSR count). The van der Waals surface area contributed by atoms with Crippen molar-refractivity contribution >= 4 is 23.7 Å². The van der Waals surface area contributed by atoms with Gasteiger partial charge in [-0.15, -0.1) is 0 Å². The molecule has 1 unspecified atom stereocenters. The summed E-state index contributed by atoms with van der Waals surface area (Å²) in [7, 11) is 0. The smallest absolute Gasteiger partial charge is 0.244 e. The van der Waals surface area contributed by atoms with Gasteiger partial charge in [0.1, 0.15) is 0 Å². The monoisotopic (exact) mass is 437 g/mol. The maximum atomic E-state index is 14.5. The Balaban J connectivity index is 1.08. The number of amides is 1. The van der Waals surface area contributed by atoms with Crippen molar-refractivity contribution in [3.8, 4) is 0 Å². The van der Waals surface area contributed by atoms with E-state index in [0.29, 0.717) is 36.1 Å². The topological polar surface area (TPSA) is 86.3 Å². The van der Waals surface area contributed by atoms with Gasteiger partial charge in [-0.1, -0.05) is 6.07 Å². The highest BCUT2D eigenvalue weighted by Crippen LogP contribution is 2.54. The molecule has 1 saturated carbocycles. The number of hydrogen-bond donors (Lipinski definition) is 2. The first-order valence-corrected chi connectivity index (χ1v) is 11.3. The number of piperazine rings is 1. The Hall–Kier alpha value is -3.07. The number of hydrogen-bond acceptors (Lipinski definition) is 7. The van der Waals surface area contributed by atoms with E-state index in [0.717, 1.165) is 51.3 Å². The number of pyridine rings is 1. The molecule has 168 valence electrons. The van der Waals surface area contributed by atoms with Crippen LogP contribution in [0, 0.1) is 23.6 Å². The van der Waals surface area contributed by atoms with Gasteiger partial charge in [-0.05, 0) is 41.9 Å². The van der Waals surface area contributed by atoms with Gasteiger partial charge in [-0.3, -0.25) is 9.78 Å². The lowest BCUT2D eigenvalue weighted by atomic mass is 10.2. The van der Waals surface area contributed by atoms with Crippen molar-refractivity contribution in [3.05, 3.63) is 48.2 Å². The van der Waals surface area contributed by atoms with Crippen LogP contribution in [-0.2, 0) is 4.79 Å². The Labute approximate surface area is 186 Å². The summed E-state index contributed by atoms with van der Waals surface area (Å²) in [6, 6.07) is 3.74. The molecule has 3 fully saturated rings. The minimum atomic E-state index is -0.352. The van der Waals surface area contributed by atoms with E-state index < -0.39 is 0 Å². The van der Waals surface area contributed by atoms with Crippen molar-refractivity contribution in [2.24, 2.45) is 17.8 Å². The highest BCUT2D eigenvalue weighted by atomic mass is 19.1. The summed E-state index contributed by atoms with van der Waals surface area (Å²) in [6.45, 7) is 5.74. The molecule has 4 heterocycles. The van der Waals surface area contributed by atoms with Crippen LogP contribution in [0.2, 0.25) is 0 Å². The van der Waals surface area contributed by atoms with Crippen LogP contribution in [0.3, 0.4) is 0 Å². The molecule has 3 atom stereocenters. The SMILES string of the molecule is O=C(/C=C/c1cccnc1)NCCC1[C@H]2CN(c3nc(N4CCNCC4)ncc3F)C[C@@H]12. The van der Waals surface area contributed by atoms with E-state index in [1.165, 1.54) is 6.20 Å². The third kappa shape index (κ3) is 4.57. The van der Waals surface area contributed by atoms with E-state index >= 15 is 0 Å². The van der Waals surface area contributed by atoms with Crippen molar-refractivity contribution in [2.75, 3.05) is 55.6 Å². The minimum Gasteiger partial charge on any atom is -0.353 e. The number of halogens is 1. The first-order chi connectivity index (χ1) is 15.7. The number of piperidine rings is 1. The van der Waals surface area contributed by atoms with Crippen molar-refractivity contribution < 1.29 is 9.18 Å². The van der Waals surface area contributed by atoms with Crippen LogP contribution in [0.4, 0.5) is 16.2 Å². The minimum absolute atomic E-state index is 0.0928. The number of nitrogens with zero attached hydrogens (tertiary/aromatic N) is 5. The summed E-state index contributed by atoms with van der Waals surface area (Å²) < 4.78 is 14.5. The van der Waals surface area contributed by atoms with Gasteiger partial charge in [0.25, 0.3) is 0 Å². The Morgan fingerprint density at radius 1 is 1.22 bits per heavy atom. The van der Waals surface area contributed by atoms with Gasteiger partial charge in [0.15, 0.2) is 11.6 Å². The average molecular weight is 438 g/mol. The number of anilines is 2. The molecule has 2 aromatic heterocycles. The molecular weight excluding hydrogens is 409 g/mol. The van der Waals surface area contributed by atoms with Gasteiger partial charge < -0.3 is 20.4 Å². The van der Waals surface area contributed by atoms with E-state index in [9.17, 15) is 9.18 Å². The molecule has 2 aromatic rings. The molecule has 9 heteroatoms. The largest absolute Gasteiger partial charge is 0.353 e. The molecule has 32 heavy (non-hydrogen) atoms. The lowest BCUT2D eigenvalue weighted by Gasteiger charge is -2.28. The molecule has 8 nitrogen and oxygen atoms in total. The fourth-order valence-corrected chi connectivity index (χ4v) is 4.91. The van der Waals surface area contributed by atoms with Crippen molar-refractivity contribution in [3.63, 3.8) is 0 Å². The third-order valence-corrected chi connectivity index (χ3v) is 6.67. The zero-order chi connectivity index (χ0) is 21.9. The fraction of sp³-hybridized carbons (Fsp3) is 0.478. The molecule has 0 bridgehead atoms. The van der Waals surface area contributed by atoms with Crippen molar-refractivity contribution in [1.29, 1.82) is 0 Å². The summed E-state index contributed by atoms with van der Waals surface area (Å²) in [4.78, 5) is 29.0. The van der Waals surface area contributed by atoms with Gasteiger partial charge >= 0.3 is 0 Å². The predicted molar refractivity (Wildman–Crippen MR) is 121 cm³/mol. The van der Waals surface area contributed by atoms with Crippen LogP contribution in [0.1, 0.15) is 12.0 Å². The molecular formula is C23H28FN7O. The van der Waals surface area contributed by atoms with Crippen LogP contribution < -0.4 is 20.4 Å². The Bertz CT molecular complexity index is 968. The van der Waals surface area contributed by atoms with Crippen molar-refractivity contribution in [1.82, 2.24) is 25.6 Å². The van der Waals surface area contributed by atoms with Gasteiger partial charge in [-0.2, -0.15) is 4.98 Å². The maximum Gasteiger partial charge on any atom is 0.244 e. The maximum absolute atomic E-state index is 14.5. The quantitative estimate of drug-likeness (QED) is 0.632. The summed E-state index contributed by atoms with van der Waals surface area (Å²) >= 11 is 0. The van der Waals surface area contributed by atoms with Crippen LogP contribution >= 0.6 is 0 Å². The normalized spacial score (nSPS) is 24.6. The number of fused-ring (bicyclic) bond motifs is 1. The Morgan fingerprint density at radius 2 is 2.03 bits per heavy atom. The number of carbonyl (C=O) groups is 1. The summed E-state index contributed by atoms with van der Waals surface area (Å²) in [6.07, 6.45) is 8.98. The molecule has 2 saturated heterocycles. The van der Waals surface area contributed by atoms with Crippen LogP contribution in [0.5, 0.6) is 0 Å². The average Bonchev–Trinajstić information content (AvgIpc) is 3.27. The van der Waals surface area contributed by atoms with E-state index in [1.54, 1.807) is 24.5 Å². The molecule has 0 radical (unpaired) electrons. The summed E-state index contributed by atoms with van der Waals surface area (Å²) in [5.41, 5.74) is 0.900. The second kappa shape index (κ2) is 9.20. The highest BCUT2D eigenvalue weighted by molar-refractivity contribution is 5.91. The fourth-order valence-electron chi connectivity index (χ4n) is 4.91. The van der Waals surface area contributed by atoms with Gasteiger partial charge in [-0.25, -0.2) is 9.37 Å². The summed E-state index contributed by atoms with van der Waals surface area (Å²) in [5.74, 6) is 2.28. The second-order valence-electron chi connectivity index (χ2n) is 8.67. The first kappa shape index (κ1) is 20.8. The zero-order valence-electron chi connectivity index (χ0n) is 18.0. The number of carbonyl (C=O) groups excluding carboxylic acids is 1. The van der Waals surface area contributed by atoms with Crippen molar-refractivity contribution in [2.45, 2.75) is 6.42 Å². The van der Waals surface area contributed by atoms with E-state index in [2.05, 4.69) is 35.4 Å².